The Balaban J connectivity index is 1.32. The zero-order valence-electron chi connectivity index (χ0n) is 23.1. The standard InChI is InChI=1S/C30H32N6O5S/c1-2-41-28-20-26-25(19-27(28)34-29(37)9-6-14-36-15-17-40-18-16-36)30(32-21-31-26)33-22-10-12-23(13-11-22)35-42(38,39)24-7-4-3-5-8-24/h3-13,19-21,35H,2,14-18H2,1H3,(H,34,37)(H,31,32,33). The molecular weight excluding hydrogens is 556 g/mol. The summed E-state index contributed by atoms with van der Waals surface area (Å²) in [6.45, 7) is 6.03. The molecule has 1 fully saturated rings. The van der Waals surface area contributed by atoms with Crippen molar-refractivity contribution in [1.82, 2.24) is 14.9 Å². The largest absolute Gasteiger partial charge is 0.492 e. The molecule has 1 aliphatic rings. The molecule has 1 aliphatic heterocycles. The molecule has 12 heteroatoms. The number of rotatable bonds is 11. The number of carbonyl (C=O) groups is 1. The summed E-state index contributed by atoms with van der Waals surface area (Å²) in [6.07, 6.45) is 4.79. The lowest BCUT2D eigenvalue weighted by atomic mass is 10.1. The van der Waals surface area contributed by atoms with Gasteiger partial charge in [0.15, 0.2) is 0 Å². The number of nitrogens with one attached hydrogen (secondary N) is 3. The van der Waals surface area contributed by atoms with Gasteiger partial charge in [-0.15, -0.1) is 0 Å². The highest BCUT2D eigenvalue weighted by Crippen LogP contribution is 2.33. The molecule has 0 spiro atoms. The summed E-state index contributed by atoms with van der Waals surface area (Å²) in [5.41, 5.74) is 2.23. The third-order valence-corrected chi connectivity index (χ3v) is 7.88. The van der Waals surface area contributed by atoms with E-state index in [1.54, 1.807) is 54.6 Å². The first-order valence-electron chi connectivity index (χ1n) is 13.6. The molecule has 3 N–H and O–H groups in total. The third-order valence-electron chi connectivity index (χ3n) is 6.48. The summed E-state index contributed by atoms with van der Waals surface area (Å²) >= 11 is 0. The van der Waals surface area contributed by atoms with E-state index in [0.29, 0.717) is 65.9 Å². The highest BCUT2D eigenvalue weighted by molar-refractivity contribution is 7.92. The highest BCUT2D eigenvalue weighted by Gasteiger charge is 2.15. The van der Waals surface area contributed by atoms with E-state index in [4.69, 9.17) is 9.47 Å². The molecule has 4 aromatic rings. The summed E-state index contributed by atoms with van der Waals surface area (Å²) in [7, 11) is -3.70. The lowest BCUT2D eigenvalue weighted by Gasteiger charge is -2.25. The number of amides is 1. The van der Waals surface area contributed by atoms with Crippen LogP contribution in [0.2, 0.25) is 0 Å². The first-order valence-corrected chi connectivity index (χ1v) is 15.0. The van der Waals surface area contributed by atoms with Crippen molar-refractivity contribution in [3.05, 3.63) is 85.2 Å². The van der Waals surface area contributed by atoms with E-state index in [1.807, 2.05) is 13.0 Å². The van der Waals surface area contributed by atoms with Crippen LogP contribution < -0.4 is 20.1 Å². The molecule has 0 saturated carbocycles. The van der Waals surface area contributed by atoms with Crippen LogP contribution in [0.5, 0.6) is 5.75 Å². The number of anilines is 4. The Kier molecular flexibility index (Phi) is 9.27. The highest BCUT2D eigenvalue weighted by atomic mass is 32.2. The van der Waals surface area contributed by atoms with Crippen LogP contribution in [0.25, 0.3) is 10.9 Å². The van der Waals surface area contributed by atoms with Crippen LogP contribution in [0.1, 0.15) is 6.92 Å². The van der Waals surface area contributed by atoms with E-state index in [1.165, 1.54) is 24.5 Å². The SMILES string of the molecule is CCOc1cc2ncnc(Nc3ccc(NS(=O)(=O)c4ccccc4)cc3)c2cc1NC(=O)C=CCN1CCOCC1. The molecule has 1 saturated heterocycles. The second-order valence-corrected chi connectivity index (χ2v) is 11.1. The van der Waals surface area contributed by atoms with Gasteiger partial charge in [-0.25, -0.2) is 18.4 Å². The molecule has 1 amide bonds. The van der Waals surface area contributed by atoms with Crippen molar-refractivity contribution in [3.63, 3.8) is 0 Å². The molecule has 0 bridgehead atoms. The van der Waals surface area contributed by atoms with Gasteiger partial charge < -0.3 is 20.1 Å². The monoisotopic (exact) mass is 588 g/mol. The third kappa shape index (κ3) is 7.40. The number of hydrogen-bond acceptors (Lipinski definition) is 9. The van der Waals surface area contributed by atoms with Crippen molar-refractivity contribution in [2.24, 2.45) is 0 Å². The van der Waals surface area contributed by atoms with Gasteiger partial charge in [0.05, 0.1) is 35.9 Å². The van der Waals surface area contributed by atoms with Crippen molar-refractivity contribution in [2.45, 2.75) is 11.8 Å². The van der Waals surface area contributed by atoms with Crippen molar-refractivity contribution in [2.75, 3.05) is 54.8 Å². The summed E-state index contributed by atoms with van der Waals surface area (Å²) in [4.78, 5) is 23.9. The summed E-state index contributed by atoms with van der Waals surface area (Å²) in [5.74, 6) is 0.738. The Morgan fingerprint density at radius 3 is 2.50 bits per heavy atom. The minimum atomic E-state index is -3.70. The Morgan fingerprint density at radius 2 is 1.76 bits per heavy atom. The summed E-state index contributed by atoms with van der Waals surface area (Å²) < 4.78 is 39.0. The van der Waals surface area contributed by atoms with E-state index in [9.17, 15) is 13.2 Å². The van der Waals surface area contributed by atoms with Gasteiger partial charge in [-0.05, 0) is 49.4 Å². The van der Waals surface area contributed by atoms with Gasteiger partial charge in [0.2, 0.25) is 5.91 Å². The maximum Gasteiger partial charge on any atom is 0.261 e. The molecule has 5 rings (SSSR count). The van der Waals surface area contributed by atoms with Crippen LogP contribution >= 0.6 is 0 Å². The molecule has 11 nitrogen and oxygen atoms in total. The molecular formula is C30H32N6O5S. The number of ether oxygens (including phenoxy) is 2. The van der Waals surface area contributed by atoms with Gasteiger partial charge in [0, 0.05) is 48.5 Å². The maximum absolute atomic E-state index is 12.8. The smallest absolute Gasteiger partial charge is 0.261 e. The quantitative estimate of drug-likeness (QED) is 0.218. The molecule has 0 atom stereocenters. The first-order chi connectivity index (χ1) is 20.4. The van der Waals surface area contributed by atoms with Gasteiger partial charge in [0.25, 0.3) is 10.0 Å². The fourth-order valence-electron chi connectivity index (χ4n) is 4.40. The second kappa shape index (κ2) is 13.4. The van der Waals surface area contributed by atoms with Gasteiger partial charge in [-0.1, -0.05) is 24.3 Å². The number of fused-ring (bicyclic) bond motifs is 1. The number of nitrogens with zero attached hydrogens (tertiary/aromatic N) is 3. The summed E-state index contributed by atoms with van der Waals surface area (Å²) in [5, 5.41) is 6.85. The van der Waals surface area contributed by atoms with Crippen molar-refractivity contribution in [1.29, 1.82) is 0 Å². The number of aromatic nitrogens is 2. The second-order valence-electron chi connectivity index (χ2n) is 9.45. The maximum atomic E-state index is 12.8. The van der Waals surface area contributed by atoms with Crippen LogP contribution in [0.3, 0.4) is 0 Å². The van der Waals surface area contributed by atoms with E-state index in [0.717, 1.165) is 13.1 Å². The summed E-state index contributed by atoms with van der Waals surface area (Å²) in [6, 6.07) is 18.5. The number of benzene rings is 3. The van der Waals surface area contributed by atoms with Crippen LogP contribution in [-0.4, -0.2) is 68.6 Å². The lowest BCUT2D eigenvalue weighted by Crippen LogP contribution is -2.36. The van der Waals surface area contributed by atoms with Crippen molar-refractivity contribution < 1.29 is 22.7 Å². The molecule has 0 aliphatic carbocycles. The number of sulfonamides is 1. The predicted octanol–water partition coefficient (Wildman–Crippen LogP) is 4.40. The molecule has 1 aromatic heterocycles. The van der Waals surface area contributed by atoms with Crippen LogP contribution in [0.15, 0.2) is 90.1 Å². The van der Waals surface area contributed by atoms with Crippen molar-refractivity contribution in [3.8, 4) is 5.75 Å². The Bertz CT molecular complexity index is 1660. The Hall–Kier alpha value is -4.52. The van der Waals surface area contributed by atoms with Crippen LogP contribution in [0.4, 0.5) is 22.9 Å². The lowest BCUT2D eigenvalue weighted by molar-refractivity contribution is -0.111. The molecule has 42 heavy (non-hydrogen) atoms. The minimum Gasteiger partial charge on any atom is -0.492 e. The molecule has 3 aromatic carbocycles. The van der Waals surface area contributed by atoms with E-state index >= 15 is 0 Å². The molecule has 2 heterocycles. The first kappa shape index (κ1) is 29.0. The topological polar surface area (TPSA) is 135 Å². The Labute approximate surface area is 244 Å². The molecule has 218 valence electrons. The number of morpholine rings is 1. The van der Waals surface area contributed by atoms with Gasteiger partial charge in [-0.2, -0.15) is 0 Å². The number of hydrogen-bond donors (Lipinski definition) is 3. The predicted molar refractivity (Wildman–Crippen MR) is 163 cm³/mol. The van der Waals surface area contributed by atoms with E-state index < -0.39 is 10.0 Å². The zero-order chi connectivity index (χ0) is 29.4. The van der Waals surface area contributed by atoms with Crippen LogP contribution in [-0.2, 0) is 19.6 Å². The van der Waals surface area contributed by atoms with Gasteiger partial charge in [0.1, 0.15) is 17.9 Å². The van der Waals surface area contributed by atoms with Crippen LogP contribution in [0, 0.1) is 0 Å². The fraction of sp³-hybridized carbons (Fsp3) is 0.233. The average Bonchev–Trinajstić information content (AvgIpc) is 3.00. The average molecular weight is 589 g/mol. The molecule has 0 unspecified atom stereocenters. The van der Waals surface area contributed by atoms with Gasteiger partial charge >= 0.3 is 0 Å². The normalized spacial score (nSPS) is 14.1. The minimum absolute atomic E-state index is 0.182. The zero-order valence-corrected chi connectivity index (χ0v) is 23.9. The Morgan fingerprint density at radius 1 is 1.02 bits per heavy atom. The van der Waals surface area contributed by atoms with E-state index in [-0.39, 0.29) is 10.8 Å². The molecule has 0 radical (unpaired) electrons. The number of carbonyl (C=O) groups excluding carboxylic acids is 1. The van der Waals surface area contributed by atoms with E-state index in [2.05, 4.69) is 30.2 Å². The van der Waals surface area contributed by atoms with Crippen molar-refractivity contribution >= 4 is 49.7 Å². The fourth-order valence-corrected chi connectivity index (χ4v) is 5.47. The van der Waals surface area contributed by atoms with Gasteiger partial charge in [-0.3, -0.25) is 14.4 Å².